The summed E-state index contributed by atoms with van der Waals surface area (Å²) in [6, 6.07) is 20.1. The highest BCUT2D eigenvalue weighted by atomic mass is 32.2. The highest BCUT2D eigenvalue weighted by Gasteiger charge is 2.17. The second-order valence-electron chi connectivity index (χ2n) is 5.65. The Kier molecular flexibility index (Phi) is 4.66. The number of hydrogen-bond donors (Lipinski definition) is 1. The molecule has 0 radical (unpaired) electrons. The van der Waals surface area contributed by atoms with Gasteiger partial charge in [-0.2, -0.15) is 0 Å². The molecular formula is C19H14N4O2S2. The van der Waals surface area contributed by atoms with E-state index in [9.17, 15) is 8.42 Å². The molecule has 0 aliphatic carbocycles. The minimum atomic E-state index is -3.74. The Bertz CT molecular complexity index is 1140. The summed E-state index contributed by atoms with van der Waals surface area (Å²) in [6.07, 6.45) is 3.31. The van der Waals surface area contributed by atoms with Crippen molar-refractivity contribution in [2.45, 2.75) is 4.90 Å². The Labute approximate surface area is 160 Å². The maximum Gasteiger partial charge on any atom is 0.263 e. The van der Waals surface area contributed by atoms with Gasteiger partial charge in [0.05, 0.1) is 4.90 Å². The molecule has 2 aromatic heterocycles. The Hall–Kier alpha value is -3.10. The number of anilines is 1. The van der Waals surface area contributed by atoms with Crippen molar-refractivity contribution < 1.29 is 8.42 Å². The van der Waals surface area contributed by atoms with E-state index in [0.29, 0.717) is 5.01 Å². The second kappa shape index (κ2) is 7.26. The van der Waals surface area contributed by atoms with Crippen molar-refractivity contribution in [3.05, 3.63) is 79.1 Å². The van der Waals surface area contributed by atoms with Crippen LogP contribution in [0.4, 0.5) is 5.13 Å². The van der Waals surface area contributed by atoms with E-state index in [1.54, 1.807) is 42.7 Å². The Morgan fingerprint density at radius 1 is 0.778 bits per heavy atom. The van der Waals surface area contributed by atoms with E-state index in [-0.39, 0.29) is 10.0 Å². The molecule has 27 heavy (non-hydrogen) atoms. The van der Waals surface area contributed by atoms with Crippen LogP contribution in [-0.4, -0.2) is 23.6 Å². The van der Waals surface area contributed by atoms with Crippen LogP contribution in [0.15, 0.2) is 84.0 Å². The van der Waals surface area contributed by atoms with Gasteiger partial charge >= 0.3 is 0 Å². The molecule has 0 saturated carbocycles. The SMILES string of the molecule is O=S(=O)(Nc1nnc(-c2cccnc2)s1)c1ccc(-c2ccccc2)cc1. The molecule has 8 heteroatoms. The van der Waals surface area contributed by atoms with Crippen LogP contribution >= 0.6 is 11.3 Å². The zero-order valence-electron chi connectivity index (χ0n) is 14.0. The molecule has 4 rings (SSSR count). The van der Waals surface area contributed by atoms with Gasteiger partial charge in [0.25, 0.3) is 10.0 Å². The molecule has 4 aromatic rings. The average molecular weight is 394 g/mol. The van der Waals surface area contributed by atoms with Crippen LogP contribution in [0.1, 0.15) is 0 Å². The van der Waals surface area contributed by atoms with Crippen LogP contribution < -0.4 is 4.72 Å². The zero-order chi connectivity index (χ0) is 18.7. The fourth-order valence-corrected chi connectivity index (χ4v) is 4.47. The molecule has 0 amide bonds. The van der Waals surface area contributed by atoms with Crippen LogP contribution in [0, 0.1) is 0 Å². The topological polar surface area (TPSA) is 84.8 Å². The number of pyridine rings is 1. The maximum atomic E-state index is 12.6. The number of nitrogens with zero attached hydrogens (tertiary/aromatic N) is 3. The van der Waals surface area contributed by atoms with E-state index >= 15 is 0 Å². The highest BCUT2D eigenvalue weighted by molar-refractivity contribution is 7.93. The summed E-state index contributed by atoms with van der Waals surface area (Å²) in [5, 5.41) is 8.75. The van der Waals surface area contributed by atoms with Crippen molar-refractivity contribution in [3.8, 4) is 21.7 Å². The van der Waals surface area contributed by atoms with Gasteiger partial charge in [-0.1, -0.05) is 53.8 Å². The summed E-state index contributed by atoms with van der Waals surface area (Å²) in [6.45, 7) is 0. The standard InChI is InChI=1S/C19H14N4O2S2/c24-27(25,17-10-8-15(9-11-17)14-5-2-1-3-6-14)23-19-22-21-18(26-19)16-7-4-12-20-13-16/h1-13H,(H,22,23). The van der Waals surface area contributed by atoms with Crippen LogP contribution in [0.2, 0.25) is 0 Å². The van der Waals surface area contributed by atoms with Crippen molar-refractivity contribution in [2.75, 3.05) is 4.72 Å². The van der Waals surface area contributed by atoms with Gasteiger partial charge in [0.1, 0.15) is 0 Å². The summed E-state index contributed by atoms with van der Waals surface area (Å²) in [4.78, 5) is 4.19. The third-order valence-electron chi connectivity index (χ3n) is 3.83. The van der Waals surface area contributed by atoms with Crippen molar-refractivity contribution >= 4 is 26.5 Å². The van der Waals surface area contributed by atoms with Crippen LogP contribution in [-0.2, 0) is 10.0 Å². The summed E-state index contributed by atoms with van der Waals surface area (Å²) < 4.78 is 27.7. The van der Waals surface area contributed by atoms with Gasteiger partial charge in [-0.15, -0.1) is 10.2 Å². The van der Waals surface area contributed by atoms with E-state index in [1.165, 1.54) is 0 Å². The maximum absolute atomic E-state index is 12.6. The Morgan fingerprint density at radius 2 is 1.48 bits per heavy atom. The molecule has 0 aliphatic rings. The first-order valence-corrected chi connectivity index (χ1v) is 10.3. The first kappa shape index (κ1) is 17.3. The third-order valence-corrected chi connectivity index (χ3v) is 6.20. The lowest BCUT2D eigenvalue weighted by Crippen LogP contribution is -2.12. The molecule has 6 nitrogen and oxygen atoms in total. The quantitative estimate of drug-likeness (QED) is 0.552. The largest absolute Gasteiger partial charge is 0.264 e. The monoisotopic (exact) mass is 394 g/mol. The lowest BCUT2D eigenvalue weighted by atomic mass is 10.1. The lowest BCUT2D eigenvalue weighted by molar-refractivity contribution is 0.601. The van der Waals surface area contributed by atoms with E-state index in [0.717, 1.165) is 28.0 Å². The van der Waals surface area contributed by atoms with Crippen LogP contribution in [0.25, 0.3) is 21.7 Å². The Balaban J connectivity index is 1.55. The number of benzene rings is 2. The number of hydrogen-bond acceptors (Lipinski definition) is 6. The number of sulfonamides is 1. The molecule has 2 aromatic carbocycles. The van der Waals surface area contributed by atoms with Gasteiger partial charge in [-0.05, 0) is 35.4 Å². The van der Waals surface area contributed by atoms with E-state index in [2.05, 4.69) is 19.9 Å². The molecule has 2 heterocycles. The van der Waals surface area contributed by atoms with E-state index in [1.807, 2.05) is 36.4 Å². The molecule has 0 atom stereocenters. The van der Waals surface area contributed by atoms with Gasteiger partial charge in [0, 0.05) is 18.0 Å². The third kappa shape index (κ3) is 3.86. The predicted octanol–water partition coefficient (Wildman–Crippen LogP) is 4.07. The minimum absolute atomic E-state index is 0.167. The van der Waals surface area contributed by atoms with E-state index in [4.69, 9.17) is 0 Å². The van der Waals surface area contributed by atoms with Gasteiger partial charge in [-0.25, -0.2) is 8.42 Å². The van der Waals surface area contributed by atoms with Crippen molar-refractivity contribution in [1.29, 1.82) is 0 Å². The summed E-state index contributed by atoms with van der Waals surface area (Å²) >= 11 is 1.16. The van der Waals surface area contributed by atoms with Gasteiger partial charge in [0.15, 0.2) is 5.01 Å². The zero-order valence-corrected chi connectivity index (χ0v) is 15.6. The van der Waals surface area contributed by atoms with Crippen molar-refractivity contribution in [1.82, 2.24) is 15.2 Å². The summed E-state index contributed by atoms with van der Waals surface area (Å²) in [5.74, 6) is 0. The fourth-order valence-electron chi connectivity index (χ4n) is 2.50. The molecule has 0 aliphatic heterocycles. The molecule has 134 valence electrons. The molecule has 0 fully saturated rings. The predicted molar refractivity (Wildman–Crippen MR) is 106 cm³/mol. The summed E-state index contributed by atoms with van der Waals surface area (Å²) in [5.41, 5.74) is 2.76. The molecule has 0 saturated heterocycles. The van der Waals surface area contributed by atoms with Gasteiger partial charge in [-0.3, -0.25) is 9.71 Å². The minimum Gasteiger partial charge on any atom is -0.264 e. The Morgan fingerprint density at radius 3 is 2.19 bits per heavy atom. The number of rotatable bonds is 5. The van der Waals surface area contributed by atoms with Crippen LogP contribution in [0.5, 0.6) is 0 Å². The normalized spacial score (nSPS) is 11.3. The molecule has 0 bridgehead atoms. The van der Waals surface area contributed by atoms with Crippen LogP contribution in [0.3, 0.4) is 0 Å². The first-order valence-electron chi connectivity index (χ1n) is 8.04. The number of aromatic nitrogens is 3. The second-order valence-corrected chi connectivity index (χ2v) is 8.31. The fraction of sp³-hybridized carbons (Fsp3) is 0. The molecule has 0 spiro atoms. The van der Waals surface area contributed by atoms with Gasteiger partial charge < -0.3 is 0 Å². The lowest BCUT2D eigenvalue weighted by Gasteiger charge is -2.06. The molecule has 1 N–H and O–H groups in total. The highest BCUT2D eigenvalue weighted by Crippen LogP contribution is 2.27. The molecular weight excluding hydrogens is 380 g/mol. The summed E-state index contributed by atoms with van der Waals surface area (Å²) in [7, 11) is -3.74. The van der Waals surface area contributed by atoms with Crippen molar-refractivity contribution in [3.63, 3.8) is 0 Å². The number of nitrogens with one attached hydrogen (secondary N) is 1. The van der Waals surface area contributed by atoms with E-state index < -0.39 is 10.0 Å². The molecule has 0 unspecified atom stereocenters. The van der Waals surface area contributed by atoms with Crippen molar-refractivity contribution in [2.24, 2.45) is 0 Å². The average Bonchev–Trinajstić information content (AvgIpc) is 3.17. The van der Waals surface area contributed by atoms with Gasteiger partial charge in [0.2, 0.25) is 5.13 Å². The first-order chi connectivity index (χ1) is 13.1. The smallest absolute Gasteiger partial charge is 0.263 e.